The highest BCUT2D eigenvalue weighted by atomic mass is 16.4. The standard InChI is InChI=1S/C13H22N2O4/c1-8-4-2-3-5-10(8)14-13(19)15-7-9(16)6-11(15)12(17)18/h8-11,16H,2-7H2,1H3,(H,14,19)(H,17,18)/t8?,9?,10?,11-/m0/s1. The molecule has 0 aromatic carbocycles. The summed E-state index contributed by atoms with van der Waals surface area (Å²) in [4.78, 5) is 24.5. The van der Waals surface area contributed by atoms with Gasteiger partial charge in [0, 0.05) is 19.0 Å². The van der Waals surface area contributed by atoms with Crippen LogP contribution in [-0.4, -0.2) is 51.8 Å². The molecule has 3 unspecified atom stereocenters. The summed E-state index contributed by atoms with van der Waals surface area (Å²) in [5, 5.41) is 21.5. The zero-order valence-corrected chi connectivity index (χ0v) is 11.2. The van der Waals surface area contributed by atoms with E-state index in [-0.39, 0.29) is 25.0 Å². The molecule has 108 valence electrons. The molecule has 1 aliphatic heterocycles. The molecule has 1 saturated carbocycles. The first-order valence-electron chi connectivity index (χ1n) is 6.97. The highest BCUT2D eigenvalue weighted by molar-refractivity contribution is 5.83. The number of rotatable bonds is 2. The smallest absolute Gasteiger partial charge is 0.326 e. The molecule has 0 spiro atoms. The maximum atomic E-state index is 12.2. The summed E-state index contributed by atoms with van der Waals surface area (Å²) in [7, 11) is 0. The predicted molar refractivity (Wildman–Crippen MR) is 68.7 cm³/mol. The van der Waals surface area contributed by atoms with Crippen molar-refractivity contribution in [2.24, 2.45) is 5.92 Å². The van der Waals surface area contributed by atoms with Crippen molar-refractivity contribution in [2.45, 2.75) is 57.2 Å². The Morgan fingerprint density at radius 1 is 1.26 bits per heavy atom. The molecule has 6 nitrogen and oxygen atoms in total. The monoisotopic (exact) mass is 270 g/mol. The SMILES string of the molecule is CC1CCCCC1NC(=O)N1CC(O)C[C@H]1C(=O)O. The summed E-state index contributed by atoms with van der Waals surface area (Å²) in [6, 6.07) is -1.15. The second kappa shape index (κ2) is 5.77. The molecule has 2 rings (SSSR count). The first-order chi connectivity index (χ1) is 8.99. The fourth-order valence-corrected chi connectivity index (χ4v) is 3.04. The van der Waals surface area contributed by atoms with Gasteiger partial charge in [-0.15, -0.1) is 0 Å². The Bertz CT molecular complexity index is 361. The maximum Gasteiger partial charge on any atom is 0.326 e. The third-order valence-corrected chi connectivity index (χ3v) is 4.25. The molecule has 0 radical (unpaired) electrons. The van der Waals surface area contributed by atoms with Crippen LogP contribution in [0.4, 0.5) is 4.79 Å². The van der Waals surface area contributed by atoms with E-state index in [9.17, 15) is 14.7 Å². The highest BCUT2D eigenvalue weighted by Crippen LogP contribution is 2.25. The number of likely N-dealkylation sites (tertiary alicyclic amines) is 1. The Morgan fingerprint density at radius 3 is 2.58 bits per heavy atom. The minimum atomic E-state index is -1.05. The molecule has 0 bridgehead atoms. The van der Waals surface area contributed by atoms with E-state index in [4.69, 9.17) is 5.11 Å². The maximum absolute atomic E-state index is 12.2. The number of carboxylic acids is 1. The van der Waals surface area contributed by atoms with Gasteiger partial charge < -0.3 is 20.4 Å². The number of nitrogens with one attached hydrogen (secondary N) is 1. The molecule has 6 heteroatoms. The number of hydrogen-bond acceptors (Lipinski definition) is 3. The summed E-state index contributed by atoms with van der Waals surface area (Å²) >= 11 is 0. The van der Waals surface area contributed by atoms with Crippen molar-refractivity contribution in [1.29, 1.82) is 0 Å². The summed E-state index contributed by atoms with van der Waals surface area (Å²) in [5.74, 6) is -0.628. The molecule has 0 aromatic rings. The van der Waals surface area contributed by atoms with Crippen LogP contribution in [0.3, 0.4) is 0 Å². The van der Waals surface area contributed by atoms with Gasteiger partial charge in [-0.1, -0.05) is 19.8 Å². The van der Waals surface area contributed by atoms with Gasteiger partial charge in [-0.25, -0.2) is 9.59 Å². The van der Waals surface area contributed by atoms with E-state index in [1.807, 2.05) is 0 Å². The van der Waals surface area contributed by atoms with E-state index in [0.717, 1.165) is 19.3 Å². The Hall–Kier alpha value is -1.30. The zero-order valence-electron chi connectivity index (χ0n) is 11.2. The summed E-state index contributed by atoms with van der Waals surface area (Å²) in [6.07, 6.45) is 3.70. The number of amides is 2. The molecular formula is C13H22N2O4. The van der Waals surface area contributed by atoms with Gasteiger partial charge in [-0.3, -0.25) is 0 Å². The van der Waals surface area contributed by atoms with E-state index in [1.54, 1.807) is 0 Å². The van der Waals surface area contributed by atoms with Crippen LogP contribution >= 0.6 is 0 Å². The van der Waals surface area contributed by atoms with Crippen molar-refractivity contribution in [2.75, 3.05) is 6.54 Å². The highest BCUT2D eigenvalue weighted by Gasteiger charge is 2.39. The Balaban J connectivity index is 1.96. The number of aliphatic hydroxyl groups excluding tert-OH is 1. The lowest BCUT2D eigenvalue weighted by Crippen LogP contribution is -2.51. The molecule has 3 N–H and O–H groups in total. The third-order valence-electron chi connectivity index (χ3n) is 4.25. The van der Waals surface area contributed by atoms with E-state index in [0.29, 0.717) is 5.92 Å². The minimum absolute atomic E-state index is 0.101. The summed E-state index contributed by atoms with van der Waals surface area (Å²) in [6.45, 7) is 2.21. The van der Waals surface area contributed by atoms with Crippen LogP contribution in [0, 0.1) is 5.92 Å². The second-order valence-corrected chi connectivity index (χ2v) is 5.71. The number of aliphatic carboxylic acids is 1. The number of urea groups is 1. The molecule has 2 aliphatic rings. The number of nitrogens with zero attached hydrogens (tertiary/aromatic N) is 1. The van der Waals surface area contributed by atoms with Gasteiger partial charge in [0.25, 0.3) is 0 Å². The second-order valence-electron chi connectivity index (χ2n) is 5.71. The van der Waals surface area contributed by atoms with Crippen molar-refractivity contribution in [3.8, 4) is 0 Å². The van der Waals surface area contributed by atoms with Crippen LogP contribution in [-0.2, 0) is 4.79 Å². The van der Waals surface area contributed by atoms with Crippen molar-refractivity contribution >= 4 is 12.0 Å². The van der Waals surface area contributed by atoms with Crippen LogP contribution in [0.5, 0.6) is 0 Å². The van der Waals surface area contributed by atoms with E-state index in [1.165, 1.54) is 11.3 Å². The van der Waals surface area contributed by atoms with Crippen LogP contribution in [0.2, 0.25) is 0 Å². The zero-order chi connectivity index (χ0) is 14.0. The van der Waals surface area contributed by atoms with Gasteiger partial charge in [0.2, 0.25) is 0 Å². The Morgan fingerprint density at radius 2 is 1.95 bits per heavy atom. The lowest BCUT2D eigenvalue weighted by Gasteiger charge is -2.32. The minimum Gasteiger partial charge on any atom is -0.480 e. The number of carbonyl (C=O) groups is 2. The summed E-state index contributed by atoms with van der Waals surface area (Å²) in [5.41, 5.74) is 0. The van der Waals surface area contributed by atoms with E-state index in [2.05, 4.69) is 12.2 Å². The fraction of sp³-hybridized carbons (Fsp3) is 0.846. The average Bonchev–Trinajstić information content (AvgIpc) is 2.74. The van der Waals surface area contributed by atoms with E-state index < -0.39 is 18.1 Å². The lowest BCUT2D eigenvalue weighted by atomic mass is 9.86. The molecule has 4 atom stereocenters. The number of aliphatic hydroxyl groups is 1. The van der Waals surface area contributed by atoms with Gasteiger partial charge >= 0.3 is 12.0 Å². The molecule has 0 aromatic heterocycles. The number of β-amino-alcohol motifs (C(OH)–C–C–N with tert-alkyl or cyclic N) is 1. The van der Waals surface area contributed by atoms with Crippen LogP contribution in [0.25, 0.3) is 0 Å². The molecule has 1 aliphatic carbocycles. The van der Waals surface area contributed by atoms with Gasteiger partial charge in [-0.05, 0) is 18.8 Å². The number of hydrogen-bond donors (Lipinski definition) is 3. The first kappa shape index (κ1) is 14.1. The van der Waals surface area contributed by atoms with Crippen molar-refractivity contribution < 1.29 is 19.8 Å². The first-order valence-corrected chi connectivity index (χ1v) is 6.97. The largest absolute Gasteiger partial charge is 0.480 e. The number of carbonyl (C=O) groups excluding carboxylic acids is 1. The van der Waals surface area contributed by atoms with Crippen LogP contribution in [0.1, 0.15) is 39.0 Å². The molecule has 19 heavy (non-hydrogen) atoms. The number of carboxylic acid groups (broad SMARTS) is 1. The average molecular weight is 270 g/mol. The third kappa shape index (κ3) is 3.18. The van der Waals surface area contributed by atoms with Gasteiger partial charge in [0.05, 0.1) is 6.10 Å². The molecule has 2 fully saturated rings. The normalized spacial score (nSPS) is 35.2. The van der Waals surface area contributed by atoms with Gasteiger partial charge in [-0.2, -0.15) is 0 Å². The Kier molecular flexibility index (Phi) is 4.29. The topological polar surface area (TPSA) is 89.9 Å². The molecule has 2 amide bonds. The van der Waals surface area contributed by atoms with Crippen LogP contribution < -0.4 is 5.32 Å². The van der Waals surface area contributed by atoms with Gasteiger partial charge in [0.1, 0.15) is 6.04 Å². The van der Waals surface area contributed by atoms with Crippen LogP contribution in [0.15, 0.2) is 0 Å². The van der Waals surface area contributed by atoms with E-state index >= 15 is 0 Å². The molecule has 1 heterocycles. The van der Waals surface area contributed by atoms with Crippen molar-refractivity contribution in [3.63, 3.8) is 0 Å². The molecular weight excluding hydrogens is 248 g/mol. The summed E-state index contributed by atoms with van der Waals surface area (Å²) < 4.78 is 0. The fourth-order valence-electron chi connectivity index (χ4n) is 3.04. The lowest BCUT2D eigenvalue weighted by molar-refractivity contribution is -0.141. The predicted octanol–water partition coefficient (Wildman–Crippen LogP) is 0.794. The molecule has 1 saturated heterocycles. The Labute approximate surface area is 112 Å². The quantitative estimate of drug-likeness (QED) is 0.692. The van der Waals surface area contributed by atoms with Gasteiger partial charge in [0.15, 0.2) is 0 Å². The van der Waals surface area contributed by atoms with Crippen molar-refractivity contribution in [3.05, 3.63) is 0 Å². The van der Waals surface area contributed by atoms with Crippen molar-refractivity contribution in [1.82, 2.24) is 10.2 Å².